The molecule has 0 amide bonds. The number of ether oxygens (including phenoxy) is 1. The Bertz CT molecular complexity index is 753. The molecule has 0 aliphatic heterocycles. The fourth-order valence-corrected chi connectivity index (χ4v) is 3.33. The van der Waals surface area contributed by atoms with Crippen LogP contribution in [0.15, 0.2) is 41.4 Å². The van der Waals surface area contributed by atoms with Gasteiger partial charge in [-0.2, -0.15) is 4.72 Å². The van der Waals surface area contributed by atoms with Gasteiger partial charge in [0.15, 0.2) is 0 Å². The molecule has 0 saturated carbocycles. The lowest BCUT2D eigenvalue weighted by Crippen LogP contribution is -2.39. The maximum Gasteiger partial charge on any atom is 0.323 e. The van der Waals surface area contributed by atoms with Crippen LogP contribution in [0.25, 0.3) is 10.9 Å². The van der Waals surface area contributed by atoms with Gasteiger partial charge in [0.25, 0.3) is 0 Å². The number of nitrogens with one attached hydrogen (secondary N) is 1. The third-order valence-corrected chi connectivity index (χ3v) is 4.47. The summed E-state index contributed by atoms with van der Waals surface area (Å²) >= 11 is 0. The zero-order chi connectivity index (χ0) is 15.5. The first-order valence-corrected chi connectivity index (χ1v) is 7.96. The van der Waals surface area contributed by atoms with Crippen molar-refractivity contribution in [1.82, 2.24) is 9.71 Å². The Hall–Kier alpha value is -1.99. The van der Waals surface area contributed by atoms with E-state index in [2.05, 4.69) is 9.71 Å². The summed E-state index contributed by atoms with van der Waals surface area (Å²) in [5, 5.41) is 0.503. The molecule has 7 heteroatoms. The number of hydrogen-bond acceptors (Lipinski definition) is 5. The predicted octanol–water partition coefficient (Wildman–Crippen LogP) is 1.46. The number of carbonyl (C=O) groups is 1. The van der Waals surface area contributed by atoms with Crippen LogP contribution in [0.4, 0.5) is 0 Å². The minimum Gasteiger partial charge on any atom is -0.465 e. The van der Waals surface area contributed by atoms with E-state index in [1.807, 2.05) is 0 Å². The van der Waals surface area contributed by atoms with Gasteiger partial charge >= 0.3 is 5.97 Å². The van der Waals surface area contributed by atoms with E-state index in [0.717, 1.165) is 0 Å². The molecule has 6 nitrogen and oxygen atoms in total. The van der Waals surface area contributed by atoms with Crippen LogP contribution in [0.2, 0.25) is 0 Å². The lowest BCUT2D eigenvalue weighted by atomic mass is 10.2. The Labute approximate surface area is 123 Å². The van der Waals surface area contributed by atoms with E-state index in [1.54, 1.807) is 37.4 Å². The average Bonchev–Trinajstić information content (AvgIpc) is 2.46. The quantitative estimate of drug-likeness (QED) is 0.845. The maximum absolute atomic E-state index is 12.4. The molecule has 21 heavy (non-hydrogen) atoms. The molecule has 1 N–H and O–H groups in total. The highest BCUT2D eigenvalue weighted by molar-refractivity contribution is 7.89. The number of esters is 1. The maximum atomic E-state index is 12.4. The number of fused-ring (bicyclic) bond motifs is 1. The number of carbonyl (C=O) groups excluding carboxylic acids is 1. The molecule has 0 saturated heterocycles. The van der Waals surface area contributed by atoms with Gasteiger partial charge in [-0.3, -0.25) is 9.78 Å². The Morgan fingerprint density at radius 3 is 2.81 bits per heavy atom. The van der Waals surface area contributed by atoms with Gasteiger partial charge in [-0.25, -0.2) is 8.42 Å². The van der Waals surface area contributed by atoms with Crippen molar-refractivity contribution in [3.8, 4) is 0 Å². The fourth-order valence-electron chi connectivity index (χ4n) is 1.92. The molecule has 112 valence electrons. The first-order valence-electron chi connectivity index (χ1n) is 6.48. The van der Waals surface area contributed by atoms with Crippen LogP contribution >= 0.6 is 0 Å². The predicted molar refractivity (Wildman–Crippen MR) is 78.2 cm³/mol. The molecular formula is C14H16N2O4S. The first-order chi connectivity index (χ1) is 9.95. The molecular weight excluding hydrogens is 292 g/mol. The van der Waals surface area contributed by atoms with E-state index in [0.29, 0.717) is 10.9 Å². The number of nitrogens with zero attached hydrogens (tertiary/aromatic N) is 1. The zero-order valence-corrected chi connectivity index (χ0v) is 12.6. The summed E-state index contributed by atoms with van der Waals surface area (Å²) < 4.78 is 32.0. The van der Waals surface area contributed by atoms with E-state index in [4.69, 9.17) is 4.74 Å². The van der Waals surface area contributed by atoms with Gasteiger partial charge < -0.3 is 4.74 Å². The number of hydrogen-bond donors (Lipinski definition) is 1. The Morgan fingerprint density at radius 1 is 1.33 bits per heavy atom. The van der Waals surface area contributed by atoms with Crippen molar-refractivity contribution in [3.05, 3.63) is 36.5 Å². The molecule has 0 spiro atoms. The molecule has 1 aromatic carbocycles. The summed E-state index contributed by atoms with van der Waals surface area (Å²) in [6, 6.07) is 7.19. The zero-order valence-electron chi connectivity index (χ0n) is 11.7. The smallest absolute Gasteiger partial charge is 0.323 e. The van der Waals surface area contributed by atoms with Gasteiger partial charge in [0, 0.05) is 11.6 Å². The number of sulfonamides is 1. The number of aromatic nitrogens is 1. The highest BCUT2D eigenvalue weighted by Crippen LogP contribution is 2.21. The summed E-state index contributed by atoms with van der Waals surface area (Å²) in [4.78, 5) is 15.8. The topological polar surface area (TPSA) is 85.4 Å². The second-order valence-corrected chi connectivity index (χ2v) is 6.10. The highest BCUT2D eigenvalue weighted by atomic mass is 32.2. The van der Waals surface area contributed by atoms with E-state index >= 15 is 0 Å². The minimum absolute atomic E-state index is 0.0873. The largest absolute Gasteiger partial charge is 0.465 e. The molecule has 0 bridgehead atoms. The molecule has 0 fully saturated rings. The molecule has 1 unspecified atom stereocenters. The van der Waals surface area contributed by atoms with Crippen LogP contribution in [0.5, 0.6) is 0 Å². The minimum atomic E-state index is -3.84. The molecule has 1 heterocycles. The number of rotatable bonds is 5. The Balaban J connectivity index is 2.36. The Morgan fingerprint density at radius 2 is 2.10 bits per heavy atom. The first kappa shape index (κ1) is 15.4. The highest BCUT2D eigenvalue weighted by Gasteiger charge is 2.24. The van der Waals surface area contributed by atoms with E-state index in [9.17, 15) is 13.2 Å². The molecule has 0 aliphatic carbocycles. The SMILES string of the molecule is CCOC(=O)C(C)NS(=O)(=O)c1cccc2ncccc12. The van der Waals surface area contributed by atoms with Crippen molar-refractivity contribution >= 4 is 26.9 Å². The fraction of sp³-hybridized carbons (Fsp3) is 0.286. The van der Waals surface area contributed by atoms with Crippen molar-refractivity contribution in [1.29, 1.82) is 0 Å². The van der Waals surface area contributed by atoms with Crippen LogP contribution in [0, 0.1) is 0 Å². The van der Waals surface area contributed by atoms with Crippen LogP contribution in [-0.4, -0.2) is 32.0 Å². The van der Waals surface area contributed by atoms with Crippen molar-refractivity contribution in [3.63, 3.8) is 0 Å². The van der Waals surface area contributed by atoms with Crippen molar-refractivity contribution in [2.45, 2.75) is 24.8 Å². The monoisotopic (exact) mass is 308 g/mol. The molecule has 2 rings (SSSR count). The van der Waals surface area contributed by atoms with Crippen LogP contribution in [0.1, 0.15) is 13.8 Å². The van der Waals surface area contributed by atoms with Gasteiger partial charge in [0.05, 0.1) is 17.0 Å². The summed E-state index contributed by atoms with van der Waals surface area (Å²) in [5.74, 6) is -0.612. The van der Waals surface area contributed by atoms with E-state index < -0.39 is 22.0 Å². The molecule has 0 aliphatic rings. The summed E-state index contributed by atoms with van der Waals surface area (Å²) in [6.07, 6.45) is 1.59. The van der Waals surface area contributed by atoms with Crippen LogP contribution in [-0.2, 0) is 19.6 Å². The lowest BCUT2D eigenvalue weighted by Gasteiger charge is -2.14. The van der Waals surface area contributed by atoms with Crippen molar-refractivity contribution in [2.75, 3.05) is 6.61 Å². The summed E-state index contributed by atoms with van der Waals surface area (Å²) in [7, 11) is -3.84. The summed E-state index contributed by atoms with van der Waals surface area (Å²) in [6.45, 7) is 3.30. The standard InChI is InChI=1S/C14H16N2O4S/c1-3-20-14(17)10(2)16-21(18,19)13-8-4-7-12-11(13)6-5-9-15-12/h4-10,16H,3H2,1-2H3. The van der Waals surface area contributed by atoms with Gasteiger partial charge in [0.2, 0.25) is 10.0 Å². The lowest BCUT2D eigenvalue weighted by molar-refractivity contribution is -0.144. The van der Waals surface area contributed by atoms with Gasteiger partial charge in [-0.15, -0.1) is 0 Å². The van der Waals surface area contributed by atoms with Gasteiger partial charge in [0.1, 0.15) is 6.04 Å². The Kier molecular flexibility index (Phi) is 4.54. The number of pyridine rings is 1. The average molecular weight is 308 g/mol. The molecule has 2 aromatic rings. The van der Waals surface area contributed by atoms with Crippen molar-refractivity contribution < 1.29 is 17.9 Å². The molecule has 1 aromatic heterocycles. The van der Waals surface area contributed by atoms with Crippen molar-refractivity contribution in [2.24, 2.45) is 0 Å². The third kappa shape index (κ3) is 3.37. The third-order valence-electron chi connectivity index (χ3n) is 2.87. The van der Waals surface area contributed by atoms with E-state index in [1.165, 1.54) is 13.0 Å². The second-order valence-electron chi connectivity index (χ2n) is 4.42. The summed E-state index contributed by atoms with van der Waals surface area (Å²) in [5.41, 5.74) is 0.573. The van der Waals surface area contributed by atoms with Crippen LogP contribution < -0.4 is 4.72 Å². The molecule has 0 radical (unpaired) electrons. The van der Waals surface area contributed by atoms with Gasteiger partial charge in [-0.1, -0.05) is 6.07 Å². The number of benzene rings is 1. The van der Waals surface area contributed by atoms with E-state index in [-0.39, 0.29) is 11.5 Å². The second kappa shape index (κ2) is 6.19. The normalized spacial score (nSPS) is 13.0. The van der Waals surface area contributed by atoms with Crippen LogP contribution in [0.3, 0.4) is 0 Å². The molecule has 1 atom stereocenters. The van der Waals surface area contributed by atoms with Gasteiger partial charge in [-0.05, 0) is 38.1 Å².